The molecule has 0 spiro atoms. The molecule has 0 saturated carbocycles. The first-order valence-electron chi connectivity index (χ1n) is 4.21. The highest BCUT2D eigenvalue weighted by molar-refractivity contribution is 5.89. The number of ether oxygens (including phenoxy) is 2. The molecule has 0 unspecified atom stereocenters. The lowest BCUT2D eigenvalue weighted by Gasteiger charge is -2.06. The minimum atomic E-state index is -0.592. The quantitative estimate of drug-likeness (QED) is 0.391. The zero-order chi connectivity index (χ0) is 11.1. The van der Waals surface area contributed by atoms with Crippen molar-refractivity contribution in [2.45, 2.75) is 20.8 Å². The Hall–Kier alpha value is -1.58. The zero-order valence-corrected chi connectivity index (χ0v) is 8.62. The summed E-state index contributed by atoms with van der Waals surface area (Å²) in [6, 6.07) is 0. The van der Waals surface area contributed by atoms with Gasteiger partial charge in [-0.3, -0.25) is 0 Å². The number of rotatable bonds is 4. The summed E-state index contributed by atoms with van der Waals surface area (Å²) in [5.74, 6) is -0.846. The van der Waals surface area contributed by atoms with Crippen molar-refractivity contribution in [2.75, 3.05) is 6.61 Å². The largest absolute Gasteiger partial charge is 0.463 e. The first-order chi connectivity index (χ1) is 6.52. The van der Waals surface area contributed by atoms with E-state index in [1.54, 1.807) is 6.92 Å². The van der Waals surface area contributed by atoms with Gasteiger partial charge in [-0.05, 0) is 20.8 Å². The minimum absolute atomic E-state index is 0.230. The second-order valence-electron chi connectivity index (χ2n) is 2.53. The fourth-order valence-electron chi connectivity index (χ4n) is 0.652. The second-order valence-corrected chi connectivity index (χ2v) is 2.53. The van der Waals surface area contributed by atoms with Crippen molar-refractivity contribution in [1.29, 1.82) is 0 Å². The van der Waals surface area contributed by atoms with Gasteiger partial charge in [0.15, 0.2) is 0 Å². The van der Waals surface area contributed by atoms with Crippen LogP contribution in [0.3, 0.4) is 0 Å². The van der Waals surface area contributed by atoms with Crippen LogP contribution in [0.25, 0.3) is 0 Å². The van der Waals surface area contributed by atoms with Crippen LogP contribution in [-0.2, 0) is 19.1 Å². The van der Waals surface area contributed by atoms with Gasteiger partial charge >= 0.3 is 11.9 Å². The van der Waals surface area contributed by atoms with Crippen molar-refractivity contribution in [3.05, 3.63) is 24.0 Å². The molecule has 0 heterocycles. The van der Waals surface area contributed by atoms with E-state index in [9.17, 15) is 9.59 Å². The minimum Gasteiger partial charge on any atom is -0.463 e. The molecule has 0 saturated heterocycles. The van der Waals surface area contributed by atoms with Crippen LogP contribution in [0.15, 0.2) is 24.0 Å². The van der Waals surface area contributed by atoms with Gasteiger partial charge in [0.2, 0.25) is 0 Å². The molecule has 0 fully saturated rings. The highest BCUT2D eigenvalue weighted by atomic mass is 16.5. The Kier molecular flexibility index (Phi) is 5.29. The summed E-state index contributed by atoms with van der Waals surface area (Å²) in [4.78, 5) is 21.9. The molecule has 0 bridgehead atoms. The third-order valence-corrected chi connectivity index (χ3v) is 1.53. The van der Waals surface area contributed by atoms with Crippen molar-refractivity contribution in [3.63, 3.8) is 0 Å². The molecule has 14 heavy (non-hydrogen) atoms. The number of carbonyl (C=O) groups excluding carboxylic acids is 2. The molecule has 0 aromatic carbocycles. The normalized spacial score (nSPS) is 11.4. The molecule has 78 valence electrons. The number of allylic oxidation sites excluding steroid dienone is 1. The van der Waals surface area contributed by atoms with E-state index < -0.39 is 11.9 Å². The number of esters is 2. The number of hydrogen-bond acceptors (Lipinski definition) is 4. The molecule has 0 aliphatic rings. The van der Waals surface area contributed by atoms with E-state index >= 15 is 0 Å². The van der Waals surface area contributed by atoms with Gasteiger partial charge in [0.05, 0.1) is 12.2 Å². The molecule has 0 aliphatic carbocycles. The Balaban J connectivity index is 4.49. The van der Waals surface area contributed by atoms with E-state index in [2.05, 4.69) is 6.58 Å². The lowest BCUT2D eigenvalue weighted by molar-refractivity contribution is -0.139. The average molecular weight is 198 g/mol. The van der Waals surface area contributed by atoms with E-state index in [0.29, 0.717) is 6.61 Å². The maximum Gasteiger partial charge on any atom is 0.337 e. The van der Waals surface area contributed by atoms with Crippen LogP contribution >= 0.6 is 0 Å². The van der Waals surface area contributed by atoms with Crippen LogP contribution in [0.1, 0.15) is 20.8 Å². The van der Waals surface area contributed by atoms with Crippen molar-refractivity contribution in [3.8, 4) is 0 Å². The lowest BCUT2D eigenvalue weighted by atomic mass is 10.3. The van der Waals surface area contributed by atoms with Crippen molar-refractivity contribution in [1.82, 2.24) is 0 Å². The van der Waals surface area contributed by atoms with Crippen LogP contribution in [-0.4, -0.2) is 18.5 Å². The molecule has 0 amide bonds. The monoisotopic (exact) mass is 198 g/mol. The molecule has 4 nitrogen and oxygen atoms in total. The van der Waals surface area contributed by atoms with E-state index in [0.717, 1.165) is 6.08 Å². The van der Waals surface area contributed by atoms with Gasteiger partial charge in [-0.25, -0.2) is 9.59 Å². The summed E-state index contributed by atoms with van der Waals surface area (Å²) >= 11 is 0. The summed E-state index contributed by atoms with van der Waals surface area (Å²) in [7, 11) is 0. The van der Waals surface area contributed by atoms with Gasteiger partial charge < -0.3 is 9.47 Å². The van der Waals surface area contributed by atoms with Crippen LogP contribution in [0.5, 0.6) is 0 Å². The van der Waals surface area contributed by atoms with Crippen LogP contribution in [0.4, 0.5) is 0 Å². The van der Waals surface area contributed by atoms with Gasteiger partial charge in [0, 0.05) is 6.08 Å². The lowest BCUT2D eigenvalue weighted by Crippen LogP contribution is -2.09. The van der Waals surface area contributed by atoms with Gasteiger partial charge in [-0.2, -0.15) is 0 Å². The van der Waals surface area contributed by atoms with E-state index in [1.807, 2.05) is 0 Å². The molecule has 0 aromatic rings. The molecule has 0 radical (unpaired) electrons. The molecule has 0 N–H and O–H groups in total. The molecule has 0 aliphatic heterocycles. The molecular formula is C10H14O4. The van der Waals surface area contributed by atoms with Gasteiger partial charge in [0.25, 0.3) is 0 Å². The van der Waals surface area contributed by atoms with Crippen molar-refractivity contribution < 1.29 is 19.1 Å². The predicted molar refractivity (Wildman–Crippen MR) is 51.3 cm³/mol. The van der Waals surface area contributed by atoms with E-state index in [1.165, 1.54) is 13.8 Å². The first-order valence-corrected chi connectivity index (χ1v) is 4.21. The highest BCUT2D eigenvalue weighted by Crippen LogP contribution is 2.07. The third-order valence-electron chi connectivity index (χ3n) is 1.53. The summed E-state index contributed by atoms with van der Waals surface area (Å²) in [6.07, 6.45) is 1.03. The third kappa shape index (κ3) is 3.89. The Morgan fingerprint density at radius 1 is 1.36 bits per heavy atom. The number of hydrogen-bond donors (Lipinski definition) is 0. The predicted octanol–water partition coefficient (Wildman–Crippen LogP) is 1.57. The summed E-state index contributed by atoms with van der Waals surface area (Å²) in [5, 5.41) is 0. The zero-order valence-electron chi connectivity index (χ0n) is 8.62. The van der Waals surface area contributed by atoms with Crippen molar-refractivity contribution >= 4 is 11.9 Å². The smallest absolute Gasteiger partial charge is 0.337 e. The van der Waals surface area contributed by atoms with Gasteiger partial charge in [0.1, 0.15) is 5.76 Å². The molecule has 4 heteroatoms. The first kappa shape index (κ1) is 12.4. The molecule has 0 atom stereocenters. The summed E-state index contributed by atoms with van der Waals surface area (Å²) < 4.78 is 9.48. The summed E-state index contributed by atoms with van der Waals surface area (Å²) in [6.45, 7) is 8.29. The fourth-order valence-corrected chi connectivity index (χ4v) is 0.652. The van der Waals surface area contributed by atoms with Crippen LogP contribution in [0, 0.1) is 0 Å². The van der Waals surface area contributed by atoms with Crippen molar-refractivity contribution in [2.24, 2.45) is 0 Å². The Labute approximate surface area is 83.2 Å². The van der Waals surface area contributed by atoms with E-state index in [-0.39, 0.29) is 11.3 Å². The standard InChI is InChI=1S/C10H14O4/c1-5-9(11)14-8(4)7(3)10(12)13-6-2/h5H,1,6H2,2-4H3. The van der Waals surface area contributed by atoms with Gasteiger partial charge in [-0.15, -0.1) is 0 Å². The molecule has 0 rings (SSSR count). The van der Waals surface area contributed by atoms with Gasteiger partial charge in [-0.1, -0.05) is 6.58 Å². The van der Waals surface area contributed by atoms with E-state index in [4.69, 9.17) is 9.47 Å². The topological polar surface area (TPSA) is 52.6 Å². The maximum atomic E-state index is 11.2. The maximum absolute atomic E-state index is 11.2. The summed E-state index contributed by atoms with van der Waals surface area (Å²) in [5.41, 5.74) is 0.280. The SMILES string of the molecule is C=CC(=O)OC(C)=C(C)C(=O)OCC. The Bertz CT molecular complexity index is 276. The Morgan fingerprint density at radius 2 is 1.93 bits per heavy atom. The average Bonchev–Trinajstić information content (AvgIpc) is 2.16. The van der Waals surface area contributed by atoms with Crippen LogP contribution in [0.2, 0.25) is 0 Å². The molecule has 0 aromatic heterocycles. The molecular weight excluding hydrogens is 184 g/mol. The highest BCUT2D eigenvalue weighted by Gasteiger charge is 2.11. The second kappa shape index (κ2) is 5.96. The Morgan fingerprint density at radius 3 is 2.36 bits per heavy atom. The number of carbonyl (C=O) groups is 2. The van der Waals surface area contributed by atoms with Crippen LogP contribution < -0.4 is 0 Å². The fraction of sp³-hybridized carbons (Fsp3) is 0.400.